The van der Waals surface area contributed by atoms with Gasteiger partial charge in [-0.15, -0.1) is 0 Å². The van der Waals surface area contributed by atoms with Crippen molar-refractivity contribution in [1.82, 2.24) is 10.2 Å². The van der Waals surface area contributed by atoms with E-state index in [2.05, 4.69) is 11.4 Å². The standard InChI is InChI=1S/C13H22N4O2/c1-10(18)16-12(6-2-3-7-14)13(19)17-8-4-5-11(17)9-15/h11-12H,2-8,14H2,1H3,(H,16,18)/t11?,12-/m0/s1. The van der Waals surface area contributed by atoms with Crippen LogP contribution in [0.1, 0.15) is 39.0 Å². The van der Waals surface area contributed by atoms with Crippen molar-refractivity contribution in [3.8, 4) is 6.07 Å². The molecule has 19 heavy (non-hydrogen) atoms. The van der Waals surface area contributed by atoms with Crippen molar-refractivity contribution < 1.29 is 9.59 Å². The van der Waals surface area contributed by atoms with E-state index < -0.39 is 6.04 Å². The van der Waals surface area contributed by atoms with Crippen molar-refractivity contribution in [2.24, 2.45) is 5.73 Å². The van der Waals surface area contributed by atoms with Gasteiger partial charge in [0.25, 0.3) is 0 Å². The van der Waals surface area contributed by atoms with Gasteiger partial charge in [-0.05, 0) is 38.6 Å². The number of nitriles is 1. The molecular weight excluding hydrogens is 244 g/mol. The first-order chi connectivity index (χ1) is 9.10. The molecule has 1 aliphatic heterocycles. The third-order valence-electron chi connectivity index (χ3n) is 3.31. The Balaban J connectivity index is 2.64. The molecule has 1 heterocycles. The molecule has 0 aliphatic carbocycles. The molecule has 0 aromatic carbocycles. The number of nitrogens with zero attached hydrogens (tertiary/aromatic N) is 2. The first kappa shape index (κ1) is 15.4. The van der Waals surface area contributed by atoms with E-state index in [9.17, 15) is 9.59 Å². The molecular formula is C13H22N4O2. The third kappa shape index (κ3) is 4.52. The predicted octanol–water partition coefficient (Wildman–Crippen LogP) is 0.135. The molecule has 0 aromatic heterocycles. The van der Waals surface area contributed by atoms with Crippen LogP contribution in [0.5, 0.6) is 0 Å². The van der Waals surface area contributed by atoms with Crippen LogP contribution in [0.4, 0.5) is 0 Å². The molecule has 1 unspecified atom stereocenters. The van der Waals surface area contributed by atoms with Crippen LogP contribution in [0, 0.1) is 11.3 Å². The number of nitrogens with one attached hydrogen (secondary N) is 1. The number of rotatable bonds is 6. The molecule has 1 fully saturated rings. The normalized spacial score (nSPS) is 19.8. The number of unbranched alkanes of at least 4 members (excludes halogenated alkanes) is 1. The Morgan fingerprint density at radius 3 is 2.84 bits per heavy atom. The molecule has 6 heteroatoms. The van der Waals surface area contributed by atoms with E-state index in [1.807, 2.05) is 0 Å². The van der Waals surface area contributed by atoms with E-state index in [-0.39, 0.29) is 17.9 Å². The van der Waals surface area contributed by atoms with Crippen LogP contribution in [0.3, 0.4) is 0 Å². The van der Waals surface area contributed by atoms with Gasteiger partial charge in [0.15, 0.2) is 0 Å². The summed E-state index contributed by atoms with van der Waals surface area (Å²) in [6.45, 7) is 2.57. The maximum absolute atomic E-state index is 12.4. The van der Waals surface area contributed by atoms with E-state index in [0.29, 0.717) is 19.5 Å². The van der Waals surface area contributed by atoms with Crippen molar-refractivity contribution in [1.29, 1.82) is 5.26 Å². The molecule has 1 saturated heterocycles. The lowest BCUT2D eigenvalue weighted by molar-refractivity contribution is -0.136. The molecule has 106 valence electrons. The minimum absolute atomic E-state index is 0.142. The molecule has 0 saturated carbocycles. The summed E-state index contributed by atoms with van der Waals surface area (Å²) >= 11 is 0. The second-order valence-electron chi connectivity index (χ2n) is 4.86. The fraction of sp³-hybridized carbons (Fsp3) is 0.769. The molecule has 0 bridgehead atoms. The van der Waals surface area contributed by atoms with Gasteiger partial charge in [-0.25, -0.2) is 0 Å². The number of amides is 2. The maximum Gasteiger partial charge on any atom is 0.246 e. The van der Waals surface area contributed by atoms with Gasteiger partial charge in [0.05, 0.1) is 6.07 Å². The Morgan fingerprint density at radius 1 is 1.53 bits per heavy atom. The van der Waals surface area contributed by atoms with E-state index in [4.69, 9.17) is 11.0 Å². The van der Waals surface area contributed by atoms with Gasteiger partial charge in [-0.2, -0.15) is 5.26 Å². The molecule has 6 nitrogen and oxygen atoms in total. The van der Waals surface area contributed by atoms with E-state index >= 15 is 0 Å². The number of carbonyl (C=O) groups is 2. The fourth-order valence-corrected chi connectivity index (χ4v) is 2.36. The first-order valence-electron chi connectivity index (χ1n) is 6.77. The first-order valence-corrected chi connectivity index (χ1v) is 6.77. The van der Waals surface area contributed by atoms with Gasteiger partial charge in [-0.1, -0.05) is 0 Å². The molecule has 1 aliphatic rings. The van der Waals surface area contributed by atoms with Crippen LogP contribution in [0.25, 0.3) is 0 Å². The second kappa shape index (κ2) is 7.74. The van der Waals surface area contributed by atoms with E-state index in [0.717, 1.165) is 25.7 Å². The lowest BCUT2D eigenvalue weighted by Gasteiger charge is -2.26. The predicted molar refractivity (Wildman–Crippen MR) is 70.9 cm³/mol. The van der Waals surface area contributed by atoms with Crippen LogP contribution >= 0.6 is 0 Å². The summed E-state index contributed by atoms with van der Waals surface area (Å²) in [6.07, 6.45) is 3.75. The zero-order valence-corrected chi connectivity index (χ0v) is 11.4. The molecule has 0 radical (unpaired) electrons. The average molecular weight is 266 g/mol. The monoisotopic (exact) mass is 266 g/mol. The van der Waals surface area contributed by atoms with Gasteiger partial charge >= 0.3 is 0 Å². The average Bonchev–Trinajstić information content (AvgIpc) is 2.84. The summed E-state index contributed by atoms with van der Waals surface area (Å²) in [4.78, 5) is 25.1. The molecule has 2 amide bonds. The van der Waals surface area contributed by atoms with Crippen LogP contribution in [-0.2, 0) is 9.59 Å². The fourth-order valence-electron chi connectivity index (χ4n) is 2.36. The Morgan fingerprint density at radius 2 is 2.26 bits per heavy atom. The van der Waals surface area contributed by atoms with Gasteiger partial charge in [0, 0.05) is 13.5 Å². The summed E-state index contributed by atoms with van der Waals surface area (Å²) < 4.78 is 0. The summed E-state index contributed by atoms with van der Waals surface area (Å²) in [7, 11) is 0. The van der Waals surface area contributed by atoms with E-state index in [1.165, 1.54) is 6.92 Å². The SMILES string of the molecule is CC(=O)N[C@@H](CCCCN)C(=O)N1CCCC1C#N. The second-order valence-corrected chi connectivity index (χ2v) is 4.86. The highest BCUT2D eigenvalue weighted by atomic mass is 16.2. The van der Waals surface area contributed by atoms with Gasteiger partial charge in [0.2, 0.25) is 11.8 Å². The Hall–Kier alpha value is -1.61. The largest absolute Gasteiger partial charge is 0.345 e. The van der Waals surface area contributed by atoms with Gasteiger partial charge in [-0.3, -0.25) is 9.59 Å². The highest BCUT2D eigenvalue weighted by Gasteiger charge is 2.33. The third-order valence-corrected chi connectivity index (χ3v) is 3.31. The smallest absolute Gasteiger partial charge is 0.246 e. The number of hydrogen-bond acceptors (Lipinski definition) is 4. The number of nitrogens with two attached hydrogens (primary N) is 1. The Labute approximate surface area is 113 Å². The highest BCUT2D eigenvalue weighted by molar-refractivity contribution is 5.87. The van der Waals surface area contributed by atoms with Crippen molar-refractivity contribution in [2.45, 2.75) is 51.1 Å². The summed E-state index contributed by atoms with van der Waals surface area (Å²) in [5, 5.41) is 11.7. The van der Waals surface area contributed by atoms with Crippen molar-refractivity contribution >= 4 is 11.8 Å². The zero-order chi connectivity index (χ0) is 14.3. The minimum atomic E-state index is -0.530. The quantitative estimate of drug-likeness (QED) is 0.668. The zero-order valence-electron chi connectivity index (χ0n) is 11.4. The molecule has 1 rings (SSSR count). The number of hydrogen-bond donors (Lipinski definition) is 2. The van der Waals surface area contributed by atoms with Gasteiger partial charge in [0.1, 0.15) is 12.1 Å². The van der Waals surface area contributed by atoms with E-state index in [1.54, 1.807) is 4.90 Å². The van der Waals surface area contributed by atoms with Crippen molar-refractivity contribution in [2.75, 3.05) is 13.1 Å². The highest BCUT2D eigenvalue weighted by Crippen LogP contribution is 2.18. The summed E-state index contributed by atoms with van der Waals surface area (Å²) in [5.41, 5.74) is 5.43. The molecule has 0 spiro atoms. The molecule has 0 aromatic rings. The number of carbonyl (C=O) groups excluding carboxylic acids is 2. The van der Waals surface area contributed by atoms with Crippen LogP contribution in [0.15, 0.2) is 0 Å². The number of likely N-dealkylation sites (tertiary alicyclic amines) is 1. The molecule has 3 N–H and O–H groups in total. The Kier molecular flexibility index (Phi) is 6.30. The minimum Gasteiger partial charge on any atom is -0.345 e. The maximum atomic E-state index is 12.4. The lowest BCUT2D eigenvalue weighted by Crippen LogP contribution is -2.49. The Bertz CT molecular complexity index is 364. The topological polar surface area (TPSA) is 99.2 Å². The van der Waals surface area contributed by atoms with Crippen LogP contribution in [0.2, 0.25) is 0 Å². The van der Waals surface area contributed by atoms with Crippen LogP contribution in [-0.4, -0.2) is 41.9 Å². The van der Waals surface area contributed by atoms with Crippen LogP contribution < -0.4 is 11.1 Å². The summed E-state index contributed by atoms with van der Waals surface area (Å²) in [5.74, 6) is -0.366. The van der Waals surface area contributed by atoms with Crippen molar-refractivity contribution in [3.63, 3.8) is 0 Å². The van der Waals surface area contributed by atoms with Gasteiger partial charge < -0.3 is 16.0 Å². The van der Waals surface area contributed by atoms with Crippen molar-refractivity contribution in [3.05, 3.63) is 0 Å². The lowest BCUT2D eigenvalue weighted by atomic mass is 10.1. The molecule has 2 atom stereocenters. The summed E-state index contributed by atoms with van der Waals surface area (Å²) in [6, 6.07) is 1.26.